The topological polar surface area (TPSA) is 0 Å². The van der Waals surface area contributed by atoms with Gasteiger partial charge in [0.2, 0.25) is 0 Å². The van der Waals surface area contributed by atoms with Crippen LogP contribution in [0.3, 0.4) is 0 Å². The van der Waals surface area contributed by atoms with Crippen LogP contribution < -0.4 is 0 Å². The molecule has 0 aliphatic carbocycles. The van der Waals surface area contributed by atoms with Crippen molar-refractivity contribution in [1.82, 2.24) is 0 Å². The Balaban J connectivity index is 4.75. The molecule has 9 heteroatoms. The van der Waals surface area contributed by atoms with E-state index in [0.29, 0.717) is 0 Å². The first-order chi connectivity index (χ1) is 4.50. The maximum absolute atomic E-state index is 11.4. The molecule has 0 bridgehead atoms. The third kappa shape index (κ3) is 2.08. The van der Waals surface area contributed by atoms with Crippen LogP contribution in [0.2, 0.25) is 0 Å². The van der Waals surface area contributed by atoms with E-state index in [-0.39, 0.29) is 0 Å². The summed E-state index contributed by atoms with van der Waals surface area (Å²) in [5.41, 5.74) is 0. The fourth-order valence-electron chi connectivity index (χ4n) is 0.131. The van der Waals surface area contributed by atoms with Gasteiger partial charge in [-0.25, -0.2) is 0 Å². The minimum atomic E-state index is -8.65. The van der Waals surface area contributed by atoms with Crippen molar-refractivity contribution in [3.05, 3.63) is 0 Å². The van der Waals surface area contributed by atoms with Crippen LogP contribution in [0.4, 0.5) is 32.1 Å². The summed E-state index contributed by atoms with van der Waals surface area (Å²) in [6, 6.07) is 0. The molecule has 0 N–H and O–H groups in total. The zero-order valence-corrected chi connectivity index (χ0v) is 6.76. The van der Waals surface area contributed by atoms with Crippen LogP contribution in [0.5, 0.6) is 0 Å². The first-order valence-corrected chi connectivity index (χ1v) is 5.94. The van der Waals surface area contributed by atoms with Gasteiger partial charge in [-0.3, -0.25) is 0 Å². The Morgan fingerprint density at radius 1 is 0.636 bits per heavy atom. The molecular weight excluding hydrogens is 304 g/mol. The van der Waals surface area contributed by atoms with Gasteiger partial charge in [-0.15, -0.1) is 0 Å². The Morgan fingerprint density at radius 3 is 0.818 bits per heavy atom. The van der Waals surface area contributed by atoms with Crippen LogP contribution in [-0.2, 0) is 0 Å². The maximum atomic E-state index is 11.4. The molecule has 0 rings (SSSR count). The molecule has 0 aliphatic rings. The first-order valence-electron chi connectivity index (χ1n) is 1.85. The van der Waals surface area contributed by atoms with E-state index in [1.165, 1.54) is 0 Å². The molecule has 0 radical (unpaired) electrons. The molecule has 0 fully saturated rings. The van der Waals surface area contributed by atoms with Gasteiger partial charge >= 0.3 is 59.9 Å². The van der Waals surface area contributed by atoms with Crippen LogP contribution in [-0.4, -0.2) is 27.8 Å². The molecule has 0 aromatic carbocycles. The third-order valence-electron chi connectivity index (χ3n) is 0.581. The molecule has 0 amide bonds. The van der Waals surface area contributed by atoms with Gasteiger partial charge in [0.05, 0.1) is 0 Å². The predicted octanol–water partition coefficient (Wildman–Crippen LogP) is 2.57. The van der Waals surface area contributed by atoms with Crippen LogP contribution >= 0.6 is 0 Å². The third-order valence-corrected chi connectivity index (χ3v) is 3.90. The number of halogens is 8. The van der Waals surface area contributed by atoms with Crippen molar-refractivity contribution in [3.8, 4) is 0 Å². The van der Waals surface area contributed by atoms with E-state index in [4.69, 9.17) is 0 Å². The minimum absolute atomic E-state index is 6.39. The quantitative estimate of drug-likeness (QED) is 0.477. The summed E-state index contributed by atoms with van der Waals surface area (Å²) < 4.78 is 75.6. The second-order valence-electron chi connectivity index (χ2n) is 1.36. The van der Waals surface area contributed by atoms with Crippen molar-refractivity contribution in [2.45, 2.75) is 8.45 Å². The Kier molecular flexibility index (Phi) is 2.68. The Hall–Kier alpha value is 0.230. The van der Waals surface area contributed by atoms with E-state index < -0.39 is 27.8 Å². The zero-order chi connectivity index (χ0) is 9.50. The van der Waals surface area contributed by atoms with E-state index in [9.17, 15) is 32.1 Å². The molecule has 11 heavy (non-hydrogen) atoms. The van der Waals surface area contributed by atoms with Gasteiger partial charge < -0.3 is 0 Å². The van der Waals surface area contributed by atoms with Crippen LogP contribution in [0.15, 0.2) is 0 Å². The standard InChI is InChI=1S/C2F8Te/c3-1(4,5)11(9,10)2(6,7)8. The molecule has 0 unspecified atom stereocenters. The van der Waals surface area contributed by atoms with Crippen LogP contribution in [0, 0.1) is 0 Å². The number of alkyl halides is 6. The second-order valence-corrected chi connectivity index (χ2v) is 6.68. The summed E-state index contributed by atoms with van der Waals surface area (Å²) in [7, 11) is 0. The van der Waals surface area contributed by atoms with Gasteiger partial charge in [-0.1, -0.05) is 0 Å². The molecule has 0 spiro atoms. The van der Waals surface area contributed by atoms with Gasteiger partial charge in [0.15, 0.2) is 0 Å². The van der Waals surface area contributed by atoms with Crippen molar-refractivity contribution >= 4 is 19.3 Å². The van der Waals surface area contributed by atoms with Crippen LogP contribution in [0.1, 0.15) is 0 Å². The number of hydrogen-bond donors (Lipinski definition) is 0. The van der Waals surface area contributed by atoms with Gasteiger partial charge in [0.25, 0.3) is 0 Å². The second kappa shape index (κ2) is 2.62. The summed E-state index contributed by atoms with van der Waals surface area (Å²) in [5.74, 6) is 0. The van der Waals surface area contributed by atoms with Crippen molar-refractivity contribution in [2.24, 2.45) is 0 Å². The molecule has 0 atom stereocenters. The fraction of sp³-hybridized carbons (Fsp3) is 1.00. The Bertz CT molecular complexity index is 123. The average molecular weight is 304 g/mol. The van der Waals surface area contributed by atoms with E-state index in [1.807, 2.05) is 0 Å². The van der Waals surface area contributed by atoms with E-state index in [1.54, 1.807) is 0 Å². The molecule has 0 saturated heterocycles. The molecule has 0 heterocycles. The molecular formula is C2F8Te. The Morgan fingerprint density at radius 2 is 0.818 bits per heavy atom. The first kappa shape index (κ1) is 11.2. The monoisotopic (exact) mass is 306 g/mol. The molecule has 0 nitrogen and oxygen atoms in total. The van der Waals surface area contributed by atoms with E-state index in [2.05, 4.69) is 0 Å². The predicted molar refractivity (Wildman–Crippen MR) is 20.1 cm³/mol. The number of rotatable bonds is 0. The van der Waals surface area contributed by atoms with Gasteiger partial charge in [-0.05, 0) is 0 Å². The molecule has 0 aromatic rings. The molecule has 0 saturated carbocycles. The summed E-state index contributed by atoms with van der Waals surface area (Å²) >= 11 is -8.65. The van der Waals surface area contributed by atoms with Gasteiger partial charge in [0, 0.05) is 0 Å². The van der Waals surface area contributed by atoms with Crippen LogP contribution in [0.25, 0.3) is 0 Å². The zero-order valence-electron chi connectivity index (χ0n) is 4.43. The molecule has 0 aromatic heterocycles. The summed E-state index contributed by atoms with van der Waals surface area (Å²) in [5, 5.41) is 0. The molecule has 0 aliphatic heterocycles. The van der Waals surface area contributed by atoms with Crippen molar-refractivity contribution in [1.29, 1.82) is 0 Å². The average Bonchev–Trinajstić information content (AvgIpc) is 1.58. The van der Waals surface area contributed by atoms with E-state index in [0.717, 1.165) is 0 Å². The summed E-state index contributed by atoms with van der Waals surface area (Å²) in [4.78, 5) is 0. The van der Waals surface area contributed by atoms with Crippen molar-refractivity contribution in [2.75, 3.05) is 0 Å². The van der Waals surface area contributed by atoms with E-state index >= 15 is 0 Å². The Labute approximate surface area is 60.5 Å². The van der Waals surface area contributed by atoms with Gasteiger partial charge in [0.1, 0.15) is 0 Å². The normalized spacial score (nSPS) is 16.7. The van der Waals surface area contributed by atoms with Crippen molar-refractivity contribution < 1.29 is 32.1 Å². The SMILES string of the molecule is FC(F)(F)[Te](F)(F)C(F)(F)F. The van der Waals surface area contributed by atoms with Crippen molar-refractivity contribution in [3.63, 3.8) is 0 Å². The number of hydrogen-bond acceptors (Lipinski definition) is 0. The fourth-order valence-corrected chi connectivity index (χ4v) is 0.880. The summed E-state index contributed by atoms with van der Waals surface area (Å²) in [6.07, 6.45) is 0. The van der Waals surface area contributed by atoms with Gasteiger partial charge in [-0.2, -0.15) is 0 Å². The molecule has 70 valence electrons. The summed E-state index contributed by atoms with van der Waals surface area (Å²) in [6.45, 7) is 0.